The van der Waals surface area contributed by atoms with Gasteiger partial charge in [-0.3, -0.25) is 4.79 Å². The monoisotopic (exact) mass is 335 g/mol. The zero-order chi connectivity index (χ0) is 17.6. The topological polar surface area (TPSA) is 105 Å². The van der Waals surface area contributed by atoms with Crippen LogP contribution in [0.3, 0.4) is 0 Å². The van der Waals surface area contributed by atoms with Gasteiger partial charge in [-0.15, -0.1) is 0 Å². The Morgan fingerprint density at radius 3 is 2.44 bits per heavy atom. The maximum atomic E-state index is 11.1. The van der Waals surface area contributed by atoms with Crippen LogP contribution in [-0.4, -0.2) is 25.8 Å². The van der Waals surface area contributed by atoms with E-state index in [0.717, 1.165) is 16.9 Å². The van der Waals surface area contributed by atoms with Crippen LogP contribution >= 0.6 is 0 Å². The van der Waals surface area contributed by atoms with Crippen LogP contribution in [-0.2, 0) is 4.79 Å². The Morgan fingerprint density at radius 2 is 1.76 bits per heavy atom. The number of nitrogens with zero attached hydrogens (tertiary/aromatic N) is 4. The third-order valence-electron chi connectivity index (χ3n) is 3.26. The first-order chi connectivity index (χ1) is 12.1. The summed E-state index contributed by atoms with van der Waals surface area (Å²) in [6.07, 6.45) is 4.82. The van der Waals surface area contributed by atoms with Crippen LogP contribution in [0.5, 0.6) is 0 Å². The molecule has 3 N–H and O–H groups in total. The number of anilines is 5. The normalized spacial score (nSPS) is 10.2. The van der Waals surface area contributed by atoms with E-state index >= 15 is 0 Å². The maximum Gasteiger partial charge on any atom is 0.230 e. The van der Waals surface area contributed by atoms with Crippen molar-refractivity contribution in [2.24, 2.45) is 0 Å². The highest BCUT2D eigenvalue weighted by molar-refractivity contribution is 5.88. The lowest BCUT2D eigenvalue weighted by Gasteiger charge is -2.11. The first-order valence-corrected chi connectivity index (χ1v) is 7.61. The predicted octanol–water partition coefficient (Wildman–Crippen LogP) is 3.02. The number of hydrogen-bond acceptors (Lipinski definition) is 7. The average Bonchev–Trinajstić information content (AvgIpc) is 2.60. The van der Waals surface area contributed by atoms with Gasteiger partial charge < -0.3 is 16.0 Å². The fourth-order valence-corrected chi connectivity index (χ4v) is 2.08. The van der Waals surface area contributed by atoms with Gasteiger partial charge in [-0.05, 0) is 37.3 Å². The van der Waals surface area contributed by atoms with E-state index in [0.29, 0.717) is 17.6 Å². The van der Waals surface area contributed by atoms with Crippen LogP contribution in [0.1, 0.15) is 12.5 Å². The fraction of sp³-hybridized carbons (Fsp3) is 0.118. The Kier molecular flexibility index (Phi) is 4.79. The van der Waals surface area contributed by atoms with E-state index in [9.17, 15) is 4.79 Å². The van der Waals surface area contributed by atoms with Gasteiger partial charge in [0.1, 0.15) is 18.0 Å². The second-order valence-corrected chi connectivity index (χ2v) is 5.33. The van der Waals surface area contributed by atoms with E-state index in [1.807, 2.05) is 31.2 Å². The number of benzene rings is 1. The number of aryl methyl sites for hydroxylation is 1. The van der Waals surface area contributed by atoms with Crippen LogP contribution in [0.4, 0.5) is 29.0 Å². The molecule has 0 aliphatic heterocycles. The molecule has 1 amide bonds. The van der Waals surface area contributed by atoms with Gasteiger partial charge in [-0.1, -0.05) is 0 Å². The molecular formula is C17H17N7O. The van der Waals surface area contributed by atoms with Crippen LogP contribution < -0.4 is 16.0 Å². The van der Waals surface area contributed by atoms with Crippen molar-refractivity contribution in [2.75, 3.05) is 16.0 Å². The molecule has 0 unspecified atom stereocenters. The highest BCUT2D eigenvalue weighted by Gasteiger charge is 2.06. The molecule has 0 aliphatic carbocycles. The zero-order valence-corrected chi connectivity index (χ0v) is 13.8. The van der Waals surface area contributed by atoms with Gasteiger partial charge in [0.25, 0.3) is 0 Å². The molecule has 2 aromatic heterocycles. The highest BCUT2D eigenvalue weighted by Crippen LogP contribution is 2.21. The lowest BCUT2D eigenvalue weighted by atomic mass is 10.2. The van der Waals surface area contributed by atoms with Gasteiger partial charge in [-0.25, -0.2) is 15.0 Å². The number of hydrogen-bond donors (Lipinski definition) is 3. The Labute approximate surface area is 144 Å². The molecule has 0 spiro atoms. The van der Waals surface area contributed by atoms with E-state index in [1.54, 1.807) is 18.5 Å². The number of carbonyl (C=O) groups excluding carboxylic acids is 1. The van der Waals surface area contributed by atoms with Crippen molar-refractivity contribution in [2.45, 2.75) is 13.8 Å². The minimum Gasteiger partial charge on any atom is -0.340 e. The highest BCUT2D eigenvalue weighted by atomic mass is 16.1. The summed E-state index contributed by atoms with van der Waals surface area (Å²) in [5, 5.41) is 9.00. The van der Waals surface area contributed by atoms with E-state index in [-0.39, 0.29) is 5.91 Å². The van der Waals surface area contributed by atoms with Gasteiger partial charge in [-0.2, -0.15) is 4.98 Å². The summed E-state index contributed by atoms with van der Waals surface area (Å²) >= 11 is 0. The largest absolute Gasteiger partial charge is 0.340 e. The van der Waals surface area contributed by atoms with Crippen molar-refractivity contribution >= 4 is 34.9 Å². The van der Waals surface area contributed by atoms with Crippen molar-refractivity contribution in [3.8, 4) is 0 Å². The van der Waals surface area contributed by atoms with Crippen LogP contribution in [0.15, 0.2) is 49.1 Å². The Bertz CT molecular complexity index is 866. The summed E-state index contributed by atoms with van der Waals surface area (Å²) in [5.74, 6) is 1.62. The summed E-state index contributed by atoms with van der Waals surface area (Å²) in [6.45, 7) is 3.39. The predicted molar refractivity (Wildman–Crippen MR) is 96.1 cm³/mol. The first-order valence-electron chi connectivity index (χ1n) is 7.61. The first kappa shape index (κ1) is 16.3. The van der Waals surface area contributed by atoms with Crippen LogP contribution in [0.2, 0.25) is 0 Å². The lowest BCUT2D eigenvalue weighted by Crippen LogP contribution is -2.06. The SMILES string of the molecule is CC(=O)Nc1ccc(Nc2nc(Nc3ccncn3)ncc2C)cc1. The molecule has 0 bridgehead atoms. The van der Waals surface area contributed by atoms with Gasteiger partial charge >= 0.3 is 0 Å². The van der Waals surface area contributed by atoms with E-state index in [1.165, 1.54) is 13.3 Å². The standard InChI is InChI=1S/C17H17N7O/c1-11-9-19-17(23-15-7-8-18-10-20-15)24-16(11)22-14-5-3-13(4-6-14)21-12(2)25/h3-10H,1-2H3,(H,21,25)(H2,18,19,20,22,23,24). The summed E-state index contributed by atoms with van der Waals surface area (Å²) in [4.78, 5) is 27.7. The van der Waals surface area contributed by atoms with Crippen molar-refractivity contribution < 1.29 is 4.79 Å². The van der Waals surface area contributed by atoms with Crippen molar-refractivity contribution in [1.82, 2.24) is 19.9 Å². The minimum atomic E-state index is -0.104. The number of aromatic nitrogens is 4. The molecule has 126 valence electrons. The smallest absolute Gasteiger partial charge is 0.230 e. The minimum absolute atomic E-state index is 0.104. The summed E-state index contributed by atoms with van der Waals surface area (Å²) in [6, 6.07) is 9.10. The Hall–Kier alpha value is -3.55. The molecule has 0 fully saturated rings. The summed E-state index contributed by atoms with van der Waals surface area (Å²) < 4.78 is 0. The molecule has 3 aromatic rings. The molecule has 25 heavy (non-hydrogen) atoms. The van der Waals surface area contributed by atoms with Gasteiger partial charge in [0.2, 0.25) is 11.9 Å². The molecular weight excluding hydrogens is 318 g/mol. The Balaban J connectivity index is 1.75. The van der Waals surface area contributed by atoms with Gasteiger partial charge in [0.15, 0.2) is 0 Å². The number of amides is 1. The molecule has 0 radical (unpaired) electrons. The third-order valence-corrected chi connectivity index (χ3v) is 3.26. The molecule has 8 nitrogen and oxygen atoms in total. The molecule has 0 saturated heterocycles. The molecule has 3 rings (SSSR count). The van der Waals surface area contributed by atoms with E-state index < -0.39 is 0 Å². The van der Waals surface area contributed by atoms with Crippen LogP contribution in [0.25, 0.3) is 0 Å². The van der Waals surface area contributed by atoms with Crippen molar-refractivity contribution in [3.63, 3.8) is 0 Å². The number of rotatable bonds is 5. The Morgan fingerprint density at radius 1 is 1.00 bits per heavy atom. The molecule has 8 heteroatoms. The van der Waals surface area contributed by atoms with Gasteiger partial charge in [0, 0.05) is 36.3 Å². The summed E-state index contributed by atoms with van der Waals surface area (Å²) in [7, 11) is 0. The molecule has 1 aromatic carbocycles. The molecule has 0 atom stereocenters. The van der Waals surface area contributed by atoms with Crippen molar-refractivity contribution in [1.29, 1.82) is 0 Å². The van der Waals surface area contributed by atoms with E-state index in [2.05, 4.69) is 35.9 Å². The van der Waals surface area contributed by atoms with E-state index in [4.69, 9.17) is 0 Å². The fourth-order valence-electron chi connectivity index (χ4n) is 2.08. The van der Waals surface area contributed by atoms with Crippen molar-refractivity contribution in [3.05, 3.63) is 54.6 Å². The number of nitrogens with one attached hydrogen (secondary N) is 3. The second kappa shape index (κ2) is 7.35. The second-order valence-electron chi connectivity index (χ2n) is 5.33. The molecule has 0 aliphatic rings. The lowest BCUT2D eigenvalue weighted by molar-refractivity contribution is -0.114. The molecule has 2 heterocycles. The summed E-state index contributed by atoms with van der Waals surface area (Å²) in [5.41, 5.74) is 2.49. The van der Waals surface area contributed by atoms with Gasteiger partial charge in [0.05, 0.1) is 0 Å². The average molecular weight is 335 g/mol. The number of carbonyl (C=O) groups is 1. The zero-order valence-electron chi connectivity index (χ0n) is 13.8. The maximum absolute atomic E-state index is 11.1. The molecule has 0 saturated carbocycles. The third kappa shape index (κ3) is 4.47. The van der Waals surface area contributed by atoms with Crippen LogP contribution in [0, 0.1) is 6.92 Å². The quantitative estimate of drug-likeness (QED) is 0.658.